The zero-order valence-corrected chi connectivity index (χ0v) is 11.8. The van der Waals surface area contributed by atoms with Crippen LogP contribution in [0.2, 0.25) is 0 Å². The first-order valence-electron chi connectivity index (χ1n) is 6.29. The molecular formula is C12H22N2O3S. The van der Waals surface area contributed by atoms with Gasteiger partial charge in [0.05, 0.1) is 6.42 Å². The van der Waals surface area contributed by atoms with E-state index in [1.54, 1.807) is 16.7 Å². The zero-order valence-electron chi connectivity index (χ0n) is 11.0. The van der Waals surface area contributed by atoms with Crippen molar-refractivity contribution in [2.24, 2.45) is 5.92 Å². The lowest BCUT2D eigenvalue weighted by molar-refractivity contribution is -0.137. The van der Waals surface area contributed by atoms with Crippen LogP contribution in [0, 0.1) is 5.92 Å². The maximum Gasteiger partial charge on any atom is 0.317 e. The van der Waals surface area contributed by atoms with Crippen molar-refractivity contribution in [2.45, 2.75) is 32.2 Å². The molecule has 0 aromatic heterocycles. The van der Waals surface area contributed by atoms with Gasteiger partial charge in [-0.2, -0.15) is 11.8 Å². The summed E-state index contributed by atoms with van der Waals surface area (Å²) < 4.78 is 0. The standard InChI is InChI=1S/C12H22N2O3S/c1-9(8-18-2)7-13-12(17)14-5-3-4-10(14)6-11(15)16/h9-10H,3-8H2,1-2H3,(H,13,17)(H,15,16). The minimum Gasteiger partial charge on any atom is -0.481 e. The first kappa shape index (κ1) is 15.1. The summed E-state index contributed by atoms with van der Waals surface area (Å²) in [6.45, 7) is 3.41. The van der Waals surface area contributed by atoms with Gasteiger partial charge in [0, 0.05) is 19.1 Å². The molecule has 0 aliphatic carbocycles. The van der Waals surface area contributed by atoms with Crippen molar-refractivity contribution in [1.82, 2.24) is 10.2 Å². The van der Waals surface area contributed by atoms with E-state index in [-0.39, 0.29) is 18.5 Å². The summed E-state index contributed by atoms with van der Waals surface area (Å²) in [4.78, 5) is 24.3. The molecule has 0 saturated carbocycles. The van der Waals surface area contributed by atoms with E-state index in [1.165, 1.54) is 0 Å². The highest BCUT2D eigenvalue weighted by molar-refractivity contribution is 7.98. The molecule has 1 saturated heterocycles. The Labute approximate surface area is 112 Å². The fourth-order valence-corrected chi connectivity index (χ4v) is 2.91. The largest absolute Gasteiger partial charge is 0.481 e. The lowest BCUT2D eigenvalue weighted by Gasteiger charge is -2.24. The highest BCUT2D eigenvalue weighted by Gasteiger charge is 2.30. The van der Waals surface area contributed by atoms with E-state index in [0.717, 1.165) is 18.6 Å². The Morgan fingerprint density at radius 1 is 1.56 bits per heavy atom. The molecule has 5 nitrogen and oxygen atoms in total. The van der Waals surface area contributed by atoms with Gasteiger partial charge in [-0.15, -0.1) is 0 Å². The first-order chi connectivity index (χ1) is 8.54. The van der Waals surface area contributed by atoms with E-state index in [2.05, 4.69) is 12.2 Å². The normalized spacial score (nSPS) is 20.8. The Morgan fingerprint density at radius 3 is 2.89 bits per heavy atom. The highest BCUT2D eigenvalue weighted by Crippen LogP contribution is 2.20. The molecule has 0 bridgehead atoms. The van der Waals surface area contributed by atoms with Crippen molar-refractivity contribution in [3.8, 4) is 0 Å². The monoisotopic (exact) mass is 274 g/mol. The van der Waals surface area contributed by atoms with Crippen LogP contribution in [0.25, 0.3) is 0 Å². The van der Waals surface area contributed by atoms with Crippen molar-refractivity contribution >= 4 is 23.8 Å². The molecule has 18 heavy (non-hydrogen) atoms. The quantitative estimate of drug-likeness (QED) is 0.772. The SMILES string of the molecule is CSCC(C)CNC(=O)N1CCCC1CC(=O)O. The van der Waals surface area contributed by atoms with Gasteiger partial charge in [-0.05, 0) is 30.8 Å². The zero-order chi connectivity index (χ0) is 13.5. The molecule has 1 heterocycles. The Balaban J connectivity index is 2.38. The molecule has 0 spiro atoms. The second-order valence-corrected chi connectivity index (χ2v) is 5.74. The number of nitrogens with one attached hydrogen (secondary N) is 1. The summed E-state index contributed by atoms with van der Waals surface area (Å²) >= 11 is 1.76. The molecule has 2 atom stereocenters. The number of hydrogen-bond acceptors (Lipinski definition) is 3. The maximum atomic E-state index is 12.0. The number of aliphatic carboxylic acids is 1. The van der Waals surface area contributed by atoms with Gasteiger partial charge >= 0.3 is 12.0 Å². The van der Waals surface area contributed by atoms with Crippen LogP contribution in [0.4, 0.5) is 4.79 Å². The average molecular weight is 274 g/mol. The highest BCUT2D eigenvalue weighted by atomic mass is 32.2. The molecule has 2 amide bonds. The number of nitrogens with zero attached hydrogens (tertiary/aromatic N) is 1. The first-order valence-corrected chi connectivity index (χ1v) is 7.69. The lowest BCUT2D eigenvalue weighted by Crippen LogP contribution is -2.44. The van der Waals surface area contributed by atoms with Crippen molar-refractivity contribution < 1.29 is 14.7 Å². The fourth-order valence-electron chi connectivity index (χ4n) is 2.22. The molecule has 1 aliphatic rings. The van der Waals surface area contributed by atoms with E-state index >= 15 is 0 Å². The van der Waals surface area contributed by atoms with Gasteiger partial charge in [0.1, 0.15) is 0 Å². The number of carbonyl (C=O) groups excluding carboxylic acids is 1. The Bertz CT molecular complexity index is 299. The third-order valence-electron chi connectivity index (χ3n) is 3.10. The summed E-state index contributed by atoms with van der Waals surface area (Å²) in [5, 5.41) is 11.7. The number of amides is 2. The topological polar surface area (TPSA) is 69.6 Å². The van der Waals surface area contributed by atoms with Crippen LogP contribution in [0.3, 0.4) is 0 Å². The Morgan fingerprint density at radius 2 is 2.28 bits per heavy atom. The molecule has 0 aromatic rings. The van der Waals surface area contributed by atoms with Crippen LogP contribution in [-0.4, -0.2) is 53.1 Å². The van der Waals surface area contributed by atoms with E-state index in [9.17, 15) is 9.59 Å². The predicted molar refractivity (Wildman–Crippen MR) is 72.9 cm³/mol. The lowest BCUT2D eigenvalue weighted by atomic mass is 10.1. The Hall–Kier alpha value is -0.910. The van der Waals surface area contributed by atoms with Gasteiger partial charge in [0.25, 0.3) is 0 Å². The summed E-state index contributed by atoms with van der Waals surface area (Å²) in [7, 11) is 0. The molecule has 1 rings (SSSR count). The average Bonchev–Trinajstić information content (AvgIpc) is 2.73. The van der Waals surface area contributed by atoms with E-state index in [0.29, 0.717) is 19.0 Å². The van der Waals surface area contributed by atoms with Crippen LogP contribution in [0.1, 0.15) is 26.2 Å². The number of carboxylic acids is 1. The maximum absolute atomic E-state index is 12.0. The summed E-state index contributed by atoms with van der Waals surface area (Å²) in [5.74, 6) is 0.610. The number of likely N-dealkylation sites (tertiary alicyclic amines) is 1. The molecule has 2 unspecified atom stereocenters. The number of urea groups is 1. The second kappa shape index (κ2) is 7.51. The van der Waals surface area contributed by atoms with Crippen molar-refractivity contribution in [3.05, 3.63) is 0 Å². The van der Waals surface area contributed by atoms with Crippen LogP contribution < -0.4 is 5.32 Å². The summed E-state index contributed by atoms with van der Waals surface area (Å²) in [6, 6.07) is -0.259. The van der Waals surface area contributed by atoms with E-state index in [4.69, 9.17) is 5.11 Å². The summed E-state index contributed by atoms with van der Waals surface area (Å²) in [6.07, 6.45) is 3.78. The second-order valence-electron chi connectivity index (χ2n) is 4.83. The van der Waals surface area contributed by atoms with Gasteiger partial charge < -0.3 is 15.3 Å². The van der Waals surface area contributed by atoms with Gasteiger partial charge in [-0.1, -0.05) is 6.92 Å². The molecule has 0 radical (unpaired) electrons. The minimum absolute atomic E-state index is 0.0494. The third-order valence-corrected chi connectivity index (χ3v) is 4.00. The molecule has 104 valence electrons. The van der Waals surface area contributed by atoms with Gasteiger partial charge in [-0.3, -0.25) is 4.79 Å². The predicted octanol–water partition coefficient (Wildman–Crippen LogP) is 1.63. The number of carboxylic acid groups (broad SMARTS) is 1. The van der Waals surface area contributed by atoms with E-state index in [1.807, 2.05) is 6.26 Å². The van der Waals surface area contributed by atoms with Gasteiger partial charge in [0.15, 0.2) is 0 Å². The number of thioether (sulfide) groups is 1. The molecule has 6 heteroatoms. The molecule has 2 N–H and O–H groups in total. The van der Waals surface area contributed by atoms with E-state index < -0.39 is 5.97 Å². The smallest absolute Gasteiger partial charge is 0.317 e. The van der Waals surface area contributed by atoms with Gasteiger partial charge in [0.2, 0.25) is 0 Å². The number of rotatable bonds is 6. The minimum atomic E-state index is -0.838. The number of carbonyl (C=O) groups is 2. The molecule has 0 aromatic carbocycles. The fraction of sp³-hybridized carbons (Fsp3) is 0.833. The third kappa shape index (κ3) is 4.76. The van der Waals surface area contributed by atoms with Crippen molar-refractivity contribution in [3.63, 3.8) is 0 Å². The van der Waals surface area contributed by atoms with Crippen LogP contribution in [0.5, 0.6) is 0 Å². The molecule has 1 fully saturated rings. The molecular weight excluding hydrogens is 252 g/mol. The van der Waals surface area contributed by atoms with Crippen LogP contribution >= 0.6 is 11.8 Å². The van der Waals surface area contributed by atoms with Crippen LogP contribution in [-0.2, 0) is 4.79 Å². The summed E-state index contributed by atoms with van der Waals surface area (Å²) in [5.41, 5.74) is 0. The molecule has 1 aliphatic heterocycles. The van der Waals surface area contributed by atoms with Crippen molar-refractivity contribution in [2.75, 3.05) is 25.1 Å². The number of hydrogen-bond donors (Lipinski definition) is 2. The van der Waals surface area contributed by atoms with Crippen LogP contribution in [0.15, 0.2) is 0 Å². The Kier molecular flexibility index (Phi) is 6.32. The van der Waals surface area contributed by atoms with Gasteiger partial charge in [-0.25, -0.2) is 4.79 Å². The van der Waals surface area contributed by atoms with Crippen molar-refractivity contribution in [1.29, 1.82) is 0 Å².